The Balaban J connectivity index is 2.47. The van der Waals surface area contributed by atoms with Crippen molar-refractivity contribution >= 4 is 15.9 Å². The Kier molecular flexibility index (Phi) is 2.49. The average molecular weight is 258 g/mol. The minimum absolute atomic E-state index is 0.00282. The lowest BCUT2D eigenvalue weighted by molar-refractivity contribution is 0.0297. The van der Waals surface area contributed by atoms with E-state index in [0.717, 1.165) is 17.3 Å². The molecule has 2 rings (SSSR count). The van der Waals surface area contributed by atoms with Crippen LogP contribution in [-0.4, -0.2) is 15.8 Å². The zero-order valence-corrected chi connectivity index (χ0v) is 9.49. The molecule has 0 bridgehead atoms. The first-order valence-electron chi connectivity index (χ1n) is 4.66. The third kappa shape index (κ3) is 1.53. The molecule has 0 unspecified atom stereocenters. The number of nitrogens with zero attached hydrogens (tertiary/aromatic N) is 1. The second kappa shape index (κ2) is 3.51. The summed E-state index contributed by atoms with van der Waals surface area (Å²) in [6.45, 7) is 1.79. The van der Waals surface area contributed by atoms with Crippen molar-refractivity contribution < 1.29 is 5.11 Å². The molecule has 1 heterocycles. The van der Waals surface area contributed by atoms with Gasteiger partial charge in [-0.2, -0.15) is 0 Å². The lowest BCUT2D eigenvalue weighted by Crippen LogP contribution is -2.39. The summed E-state index contributed by atoms with van der Waals surface area (Å²) < 4.78 is 2.52. The number of aromatic nitrogens is 1. The van der Waals surface area contributed by atoms with Crippen LogP contribution in [-0.2, 0) is 0 Å². The van der Waals surface area contributed by atoms with Crippen LogP contribution in [0.4, 0.5) is 0 Å². The maximum Gasteiger partial charge on any atom is 0.253 e. The van der Waals surface area contributed by atoms with Crippen LogP contribution in [0.2, 0.25) is 0 Å². The van der Waals surface area contributed by atoms with Gasteiger partial charge in [0.15, 0.2) is 0 Å². The van der Waals surface area contributed by atoms with E-state index in [4.69, 9.17) is 0 Å². The van der Waals surface area contributed by atoms with E-state index in [9.17, 15) is 9.90 Å². The summed E-state index contributed by atoms with van der Waals surface area (Å²) >= 11 is 3.35. The molecule has 0 aliphatic heterocycles. The molecule has 1 fully saturated rings. The molecule has 0 radical (unpaired) electrons. The Morgan fingerprint density at radius 1 is 1.57 bits per heavy atom. The molecule has 76 valence electrons. The van der Waals surface area contributed by atoms with E-state index in [1.54, 1.807) is 23.8 Å². The largest absolute Gasteiger partial charge is 0.391 e. The van der Waals surface area contributed by atoms with E-state index in [1.165, 1.54) is 0 Å². The summed E-state index contributed by atoms with van der Waals surface area (Å²) in [4.78, 5) is 11.7. The van der Waals surface area contributed by atoms with Gasteiger partial charge in [-0.05, 0) is 41.8 Å². The number of aliphatic hydroxyl groups excluding tert-OH is 1. The third-order valence-corrected chi connectivity index (χ3v) is 3.18. The Bertz CT molecular complexity index is 413. The van der Waals surface area contributed by atoms with Gasteiger partial charge in [0.2, 0.25) is 0 Å². The quantitative estimate of drug-likeness (QED) is 0.831. The van der Waals surface area contributed by atoms with Crippen molar-refractivity contribution in [3.63, 3.8) is 0 Å². The van der Waals surface area contributed by atoms with Gasteiger partial charge >= 0.3 is 0 Å². The predicted molar refractivity (Wildman–Crippen MR) is 57.4 cm³/mol. The summed E-state index contributed by atoms with van der Waals surface area (Å²) in [5, 5.41) is 9.49. The molecule has 2 atom stereocenters. The lowest BCUT2D eigenvalue weighted by atomic mass is 9.89. The van der Waals surface area contributed by atoms with Crippen molar-refractivity contribution in [1.82, 2.24) is 4.57 Å². The fourth-order valence-corrected chi connectivity index (χ4v) is 2.30. The highest BCUT2D eigenvalue weighted by molar-refractivity contribution is 9.10. The van der Waals surface area contributed by atoms with E-state index in [2.05, 4.69) is 15.9 Å². The minimum atomic E-state index is -0.360. The number of aliphatic hydroxyl groups is 1. The van der Waals surface area contributed by atoms with Gasteiger partial charge in [-0.25, -0.2) is 0 Å². The first-order chi connectivity index (χ1) is 6.59. The Morgan fingerprint density at radius 2 is 2.29 bits per heavy atom. The monoisotopic (exact) mass is 257 g/mol. The smallest absolute Gasteiger partial charge is 0.253 e. The molecule has 0 amide bonds. The molecule has 1 aromatic rings. The number of aryl methyl sites for hydroxylation is 1. The molecule has 1 N–H and O–H groups in total. The molecule has 1 aliphatic carbocycles. The molecule has 0 spiro atoms. The molecule has 0 aromatic carbocycles. The molecular formula is C10H12BrNO2. The normalized spacial score (nSPS) is 25.9. The van der Waals surface area contributed by atoms with Crippen molar-refractivity contribution in [3.8, 4) is 0 Å². The number of halogens is 1. The van der Waals surface area contributed by atoms with Crippen LogP contribution in [0.5, 0.6) is 0 Å². The minimum Gasteiger partial charge on any atom is -0.391 e. The zero-order valence-electron chi connectivity index (χ0n) is 7.90. The van der Waals surface area contributed by atoms with Crippen molar-refractivity contribution in [1.29, 1.82) is 0 Å². The van der Waals surface area contributed by atoms with Gasteiger partial charge in [0, 0.05) is 16.2 Å². The Morgan fingerprint density at radius 3 is 2.79 bits per heavy atom. The summed E-state index contributed by atoms with van der Waals surface area (Å²) in [6, 6.07) is 1.77. The second-order valence-corrected chi connectivity index (χ2v) is 4.68. The number of hydrogen-bond donors (Lipinski definition) is 1. The Labute approximate surface area is 90.5 Å². The van der Waals surface area contributed by atoms with E-state index < -0.39 is 0 Å². The van der Waals surface area contributed by atoms with Crippen molar-refractivity contribution in [3.05, 3.63) is 32.7 Å². The molecule has 1 aromatic heterocycles. The Hall–Kier alpha value is -0.610. The first kappa shape index (κ1) is 9.93. The predicted octanol–water partition coefficient (Wildman–Crippen LogP) is 1.62. The van der Waals surface area contributed by atoms with Gasteiger partial charge in [-0.15, -0.1) is 0 Å². The van der Waals surface area contributed by atoms with Gasteiger partial charge in [0.05, 0.1) is 12.1 Å². The van der Waals surface area contributed by atoms with Crippen LogP contribution >= 0.6 is 15.9 Å². The van der Waals surface area contributed by atoms with Crippen LogP contribution in [0.3, 0.4) is 0 Å². The first-order valence-corrected chi connectivity index (χ1v) is 5.45. The molecule has 14 heavy (non-hydrogen) atoms. The van der Waals surface area contributed by atoms with Crippen LogP contribution < -0.4 is 5.56 Å². The third-order valence-electron chi connectivity index (χ3n) is 2.75. The van der Waals surface area contributed by atoms with Crippen molar-refractivity contribution in [2.75, 3.05) is 0 Å². The average Bonchev–Trinajstić information content (AvgIpc) is 2.11. The standard InChI is InChI=1S/C10H12BrNO2/c1-6-4-7(11)5-12(10(6)14)8-2-3-9(8)13/h4-5,8-9,13H,2-3H2,1H3/t8-,9+/m1/s1. The highest BCUT2D eigenvalue weighted by Crippen LogP contribution is 2.31. The zero-order chi connectivity index (χ0) is 10.3. The maximum atomic E-state index is 11.7. The summed E-state index contributed by atoms with van der Waals surface area (Å²) in [7, 11) is 0. The molecule has 0 saturated heterocycles. The van der Waals surface area contributed by atoms with Crippen LogP contribution in [0.15, 0.2) is 21.5 Å². The van der Waals surface area contributed by atoms with Crippen molar-refractivity contribution in [2.45, 2.75) is 31.9 Å². The molecule has 3 nitrogen and oxygen atoms in total. The fraction of sp³-hybridized carbons (Fsp3) is 0.500. The second-order valence-electron chi connectivity index (χ2n) is 3.77. The molecular weight excluding hydrogens is 246 g/mol. The van der Waals surface area contributed by atoms with Crippen molar-refractivity contribution in [2.24, 2.45) is 0 Å². The lowest BCUT2D eigenvalue weighted by Gasteiger charge is -2.34. The van der Waals surface area contributed by atoms with Crippen LogP contribution in [0.1, 0.15) is 24.4 Å². The number of pyridine rings is 1. The van der Waals surface area contributed by atoms with Crippen LogP contribution in [0.25, 0.3) is 0 Å². The highest BCUT2D eigenvalue weighted by Gasteiger charge is 2.31. The number of hydrogen-bond acceptors (Lipinski definition) is 2. The van der Waals surface area contributed by atoms with Gasteiger partial charge in [0.25, 0.3) is 5.56 Å². The van der Waals surface area contributed by atoms with E-state index in [-0.39, 0.29) is 17.7 Å². The maximum absolute atomic E-state index is 11.7. The highest BCUT2D eigenvalue weighted by atomic mass is 79.9. The number of rotatable bonds is 1. The van der Waals surface area contributed by atoms with Gasteiger partial charge in [0.1, 0.15) is 0 Å². The summed E-state index contributed by atoms with van der Waals surface area (Å²) in [6.07, 6.45) is 3.07. The van der Waals surface area contributed by atoms with E-state index in [0.29, 0.717) is 5.56 Å². The van der Waals surface area contributed by atoms with E-state index in [1.807, 2.05) is 0 Å². The summed E-state index contributed by atoms with van der Waals surface area (Å²) in [5.41, 5.74) is 0.704. The SMILES string of the molecule is Cc1cc(Br)cn([C@@H]2CC[C@@H]2O)c1=O. The molecule has 1 aliphatic rings. The molecule has 4 heteroatoms. The van der Waals surface area contributed by atoms with Gasteiger partial charge in [-0.3, -0.25) is 4.79 Å². The van der Waals surface area contributed by atoms with E-state index >= 15 is 0 Å². The topological polar surface area (TPSA) is 42.2 Å². The van der Waals surface area contributed by atoms with Gasteiger partial charge < -0.3 is 9.67 Å². The summed E-state index contributed by atoms with van der Waals surface area (Å²) in [5.74, 6) is 0. The molecule has 1 saturated carbocycles. The fourth-order valence-electron chi connectivity index (χ4n) is 1.74. The van der Waals surface area contributed by atoms with Crippen LogP contribution in [0, 0.1) is 6.92 Å². The van der Waals surface area contributed by atoms with Gasteiger partial charge in [-0.1, -0.05) is 0 Å².